The summed E-state index contributed by atoms with van der Waals surface area (Å²) < 4.78 is 5.58. The van der Waals surface area contributed by atoms with Crippen LogP contribution in [0.4, 0.5) is 11.5 Å². The fraction of sp³-hybridized carbons (Fsp3) is 0.167. The number of hydrazine groups is 1. The lowest BCUT2D eigenvalue weighted by atomic mass is 10.2. The summed E-state index contributed by atoms with van der Waals surface area (Å²) in [5, 5.41) is 10.7. The Balaban J connectivity index is 2.35. The highest BCUT2D eigenvalue weighted by Crippen LogP contribution is 2.28. The van der Waals surface area contributed by atoms with Crippen molar-refractivity contribution in [3.8, 4) is 11.6 Å². The van der Waals surface area contributed by atoms with Crippen LogP contribution < -0.4 is 16.0 Å². The number of nitrogen functional groups attached to an aromatic ring is 1. The third kappa shape index (κ3) is 2.81. The molecule has 8 nitrogen and oxygen atoms in total. The van der Waals surface area contributed by atoms with E-state index in [1.807, 2.05) is 6.92 Å². The molecule has 0 saturated heterocycles. The van der Waals surface area contributed by atoms with E-state index in [0.717, 1.165) is 0 Å². The number of aromatic nitrogens is 2. The lowest BCUT2D eigenvalue weighted by molar-refractivity contribution is -0.384. The Morgan fingerprint density at radius 3 is 2.90 bits per heavy atom. The summed E-state index contributed by atoms with van der Waals surface area (Å²) in [6.45, 7) is 1.90. The molecule has 2 rings (SSSR count). The van der Waals surface area contributed by atoms with Crippen LogP contribution in [0.3, 0.4) is 0 Å². The molecule has 0 aliphatic heterocycles. The zero-order valence-corrected chi connectivity index (χ0v) is 10.7. The van der Waals surface area contributed by atoms with E-state index in [9.17, 15) is 10.1 Å². The van der Waals surface area contributed by atoms with E-state index in [0.29, 0.717) is 29.4 Å². The first-order chi connectivity index (χ1) is 9.65. The molecule has 2 aromatic rings. The van der Waals surface area contributed by atoms with E-state index in [4.69, 9.17) is 10.6 Å². The van der Waals surface area contributed by atoms with Crippen LogP contribution in [-0.2, 0) is 6.42 Å². The second-order valence-corrected chi connectivity index (χ2v) is 3.86. The predicted molar refractivity (Wildman–Crippen MR) is 72.4 cm³/mol. The molecule has 1 aromatic heterocycles. The van der Waals surface area contributed by atoms with Gasteiger partial charge < -0.3 is 10.2 Å². The number of rotatable bonds is 5. The fourth-order valence-corrected chi connectivity index (χ4v) is 1.70. The molecule has 3 N–H and O–H groups in total. The Morgan fingerprint density at radius 2 is 2.25 bits per heavy atom. The average molecular weight is 275 g/mol. The first-order valence-corrected chi connectivity index (χ1v) is 5.88. The highest BCUT2D eigenvalue weighted by Gasteiger charge is 2.13. The highest BCUT2D eigenvalue weighted by molar-refractivity contribution is 5.49. The third-order valence-corrected chi connectivity index (χ3v) is 2.64. The van der Waals surface area contributed by atoms with Crippen molar-refractivity contribution in [3.63, 3.8) is 0 Å². The van der Waals surface area contributed by atoms with Crippen LogP contribution in [0.25, 0.3) is 0 Å². The number of nitrogens with one attached hydrogen (secondary N) is 1. The first kappa shape index (κ1) is 13.7. The lowest BCUT2D eigenvalue weighted by Crippen LogP contribution is -2.12. The van der Waals surface area contributed by atoms with Crippen molar-refractivity contribution in [2.24, 2.45) is 5.84 Å². The SMILES string of the molecule is CCc1c(NN)ncnc1Oc1cccc([N+](=O)[O-])c1. The minimum absolute atomic E-state index is 0.0493. The smallest absolute Gasteiger partial charge is 0.273 e. The molecular formula is C12H13N5O3. The zero-order chi connectivity index (χ0) is 14.5. The van der Waals surface area contributed by atoms with Crippen LogP contribution in [0.5, 0.6) is 11.6 Å². The number of nitrogens with zero attached hydrogens (tertiary/aromatic N) is 3. The van der Waals surface area contributed by atoms with E-state index in [2.05, 4.69) is 15.4 Å². The standard InChI is InChI=1S/C12H13N5O3/c1-2-10-11(16-13)14-7-15-12(10)20-9-5-3-4-8(6-9)17(18)19/h3-7H,2,13H2,1H3,(H,14,15,16). The van der Waals surface area contributed by atoms with E-state index in [1.54, 1.807) is 12.1 Å². The number of nitro groups is 1. The van der Waals surface area contributed by atoms with Crippen molar-refractivity contribution in [1.82, 2.24) is 9.97 Å². The molecule has 0 radical (unpaired) electrons. The normalized spacial score (nSPS) is 10.1. The van der Waals surface area contributed by atoms with Gasteiger partial charge >= 0.3 is 0 Å². The lowest BCUT2D eigenvalue weighted by Gasteiger charge is -2.11. The summed E-state index contributed by atoms with van der Waals surface area (Å²) in [6, 6.07) is 5.88. The number of benzene rings is 1. The fourth-order valence-electron chi connectivity index (χ4n) is 1.70. The molecule has 0 saturated carbocycles. The Morgan fingerprint density at radius 1 is 1.45 bits per heavy atom. The van der Waals surface area contributed by atoms with Crippen LogP contribution >= 0.6 is 0 Å². The number of anilines is 1. The maximum absolute atomic E-state index is 10.7. The van der Waals surface area contributed by atoms with Gasteiger partial charge in [0.05, 0.1) is 16.6 Å². The zero-order valence-electron chi connectivity index (χ0n) is 10.7. The Hall–Kier alpha value is -2.74. The molecule has 8 heteroatoms. The molecule has 104 valence electrons. The molecule has 0 aliphatic carbocycles. The number of non-ortho nitro benzene ring substituents is 1. The largest absolute Gasteiger partial charge is 0.438 e. The molecule has 0 bridgehead atoms. The predicted octanol–water partition coefficient (Wildman–Crippen LogP) is 2.03. The van der Waals surface area contributed by atoms with E-state index in [-0.39, 0.29) is 5.69 Å². The van der Waals surface area contributed by atoms with Crippen LogP contribution in [-0.4, -0.2) is 14.9 Å². The molecule has 20 heavy (non-hydrogen) atoms. The molecule has 0 fully saturated rings. The third-order valence-electron chi connectivity index (χ3n) is 2.64. The topological polar surface area (TPSA) is 116 Å². The van der Waals surface area contributed by atoms with Crippen LogP contribution in [0, 0.1) is 10.1 Å². The summed E-state index contributed by atoms with van der Waals surface area (Å²) in [6.07, 6.45) is 1.91. The van der Waals surface area contributed by atoms with Gasteiger partial charge in [0.1, 0.15) is 17.9 Å². The van der Waals surface area contributed by atoms with Gasteiger partial charge in [-0.1, -0.05) is 13.0 Å². The first-order valence-electron chi connectivity index (χ1n) is 5.88. The van der Waals surface area contributed by atoms with Gasteiger partial charge in [-0.25, -0.2) is 15.8 Å². The van der Waals surface area contributed by atoms with Crippen LogP contribution in [0.2, 0.25) is 0 Å². The van der Waals surface area contributed by atoms with E-state index in [1.165, 1.54) is 18.5 Å². The van der Waals surface area contributed by atoms with Crippen molar-refractivity contribution < 1.29 is 9.66 Å². The van der Waals surface area contributed by atoms with Crippen molar-refractivity contribution in [3.05, 3.63) is 46.3 Å². The molecule has 0 unspecified atom stereocenters. The van der Waals surface area contributed by atoms with Gasteiger partial charge in [-0.2, -0.15) is 0 Å². The van der Waals surface area contributed by atoms with E-state index >= 15 is 0 Å². The summed E-state index contributed by atoms with van der Waals surface area (Å²) in [5.74, 6) is 6.47. The van der Waals surface area contributed by atoms with Crippen LogP contribution in [0.1, 0.15) is 12.5 Å². The minimum atomic E-state index is -0.486. The number of hydrogen-bond donors (Lipinski definition) is 2. The van der Waals surface area contributed by atoms with Crippen molar-refractivity contribution in [1.29, 1.82) is 0 Å². The summed E-state index contributed by atoms with van der Waals surface area (Å²) >= 11 is 0. The quantitative estimate of drug-likeness (QED) is 0.487. The maximum atomic E-state index is 10.7. The van der Waals surface area contributed by atoms with Gasteiger partial charge in [0, 0.05) is 6.07 Å². The summed E-state index contributed by atoms with van der Waals surface area (Å²) in [7, 11) is 0. The molecule has 1 aromatic carbocycles. The van der Waals surface area contributed by atoms with Crippen molar-refractivity contribution in [2.45, 2.75) is 13.3 Å². The number of hydrogen-bond acceptors (Lipinski definition) is 7. The summed E-state index contributed by atoms with van der Waals surface area (Å²) in [4.78, 5) is 18.3. The van der Waals surface area contributed by atoms with E-state index < -0.39 is 4.92 Å². The summed E-state index contributed by atoms with van der Waals surface area (Å²) in [5.41, 5.74) is 3.11. The monoisotopic (exact) mass is 275 g/mol. The average Bonchev–Trinajstić information content (AvgIpc) is 2.47. The van der Waals surface area contributed by atoms with Gasteiger partial charge in [-0.3, -0.25) is 10.1 Å². The number of ether oxygens (including phenoxy) is 1. The van der Waals surface area contributed by atoms with Gasteiger partial charge in [-0.05, 0) is 12.5 Å². The molecular weight excluding hydrogens is 262 g/mol. The second-order valence-electron chi connectivity index (χ2n) is 3.86. The Bertz CT molecular complexity index is 632. The number of nitrogens with two attached hydrogens (primary N) is 1. The minimum Gasteiger partial charge on any atom is -0.438 e. The van der Waals surface area contributed by atoms with Gasteiger partial charge in [-0.15, -0.1) is 0 Å². The Kier molecular flexibility index (Phi) is 4.06. The maximum Gasteiger partial charge on any atom is 0.273 e. The number of nitro benzene ring substituents is 1. The van der Waals surface area contributed by atoms with Crippen LogP contribution in [0.15, 0.2) is 30.6 Å². The molecule has 1 heterocycles. The Labute approximate surface area is 114 Å². The molecule has 0 spiro atoms. The molecule has 0 amide bonds. The molecule has 0 atom stereocenters. The van der Waals surface area contributed by atoms with Crippen molar-refractivity contribution >= 4 is 11.5 Å². The van der Waals surface area contributed by atoms with Gasteiger partial charge in [0.25, 0.3) is 5.69 Å². The second kappa shape index (κ2) is 5.93. The van der Waals surface area contributed by atoms with Crippen molar-refractivity contribution in [2.75, 3.05) is 5.43 Å². The van der Waals surface area contributed by atoms with Gasteiger partial charge in [0.2, 0.25) is 5.88 Å². The molecule has 0 aliphatic rings. The van der Waals surface area contributed by atoms with Gasteiger partial charge in [0.15, 0.2) is 0 Å². The highest BCUT2D eigenvalue weighted by atomic mass is 16.6.